The molecule has 0 aliphatic carbocycles. The summed E-state index contributed by atoms with van der Waals surface area (Å²) in [5.41, 5.74) is 11.2. The Bertz CT molecular complexity index is 2060. The lowest BCUT2D eigenvalue weighted by Crippen LogP contribution is -2.25. The molecule has 0 saturated heterocycles. The zero-order chi connectivity index (χ0) is 34.3. The lowest BCUT2D eigenvalue weighted by molar-refractivity contribution is 0.789. The van der Waals surface area contributed by atoms with Gasteiger partial charge in [0.25, 0.3) is 0 Å². The van der Waals surface area contributed by atoms with Crippen molar-refractivity contribution in [2.24, 2.45) is 0 Å². The van der Waals surface area contributed by atoms with Crippen LogP contribution in [0.4, 0.5) is 56.9 Å². The summed E-state index contributed by atoms with van der Waals surface area (Å²) in [6, 6.07) is 69.0. The largest absolute Gasteiger partial charge is 0.345 e. The molecule has 0 bridgehead atoms. The number of rotatable bonds is 11. The Kier molecular flexibility index (Phi) is 9.61. The Balaban J connectivity index is 1.22. The van der Waals surface area contributed by atoms with Crippen LogP contribution in [0.5, 0.6) is 0 Å². The van der Waals surface area contributed by atoms with Gasteiger partial charge in [0, 0.05) is 70.0 Å². The first kappa shape index (κ1) is 32.3. The normalized spacial score (nSPS) is 10.9. The average molecular weight is 651 g/mol. The van der Waals surface area contributed by atoms with Crippen LogP contribution in [-0.4, -0.2) is 13.1 Å². The first-order valence-corrected chi connectivity index (χ1v) is 17.2. The van der Waals surface area contributed by atoms with Gasteiger partial charge in [0.2, 0.25) is 0 Å². The minimum absolute atomic E-state index is 0.314. The summed E-state index contributed by atoms with van der Waals surface area (Å²) in [7, 11) is 2.10. The summed E-state index contributed by atoms with van der Waals surface area (Å²) in [5.74, 6) is 0. The molecule has 50 heavy (non-hydrogen) atoms. The lowest BCUT2D eigenvalue weighted by atomic mass is 10.1. The van der Waals surface area contributed by atoms with Crippen LogP contribution in [0.2, 0.25) is 0 Å². The maximum atomic E-state index is 2.37. The van der Waals surface area contributed by atoms with Gasteiger partial charge < -0.3 is 19.6 Å². The van der Waals surface area contributed by atoms with Gasteiger partial charge in [-0.1, -0.05) is 72.8 Å². The summed E-state index contributed by atoms with van der Waals surface area (Å²) < 4.78 is 0. The van der Waals surface area contributed by atoms with Crippen LogP contribution >= 0.6 is 0 Å². The predicted octanol–water partition coefficient (Wildman–Crippen LogP) is 12.9. The van der Waals surface area contributed by atoms with Gasteiger partial charge in [0.15, 0.2) is 0 Å². The molecule has 0 aliphatic rings. The van der Waals surface area contributed by atoms with Crippen molar-refractivity contribution < 1.29 is 0 Å². The van der Waals surface area contributed by atoms with E-state index in [-0.39, 0.29) is 0 Å². The quantitative estimate of drug-likeness (QED) is 0.138. The molecule has 4 nitrogen and oxygen atoms in total. The Morgan fingerprint density at radius 2 is 0.500 bits per heavy atom. The van der Waals surface area contributed by atoms with Crippen molar-refractivity contribution in [2.45, 2.75) is 19.9 Å². The van der Waals surface area contributed by atoms with Crippen molar-refractivity contribution in [3.63, 3.8) is 0 Å². The van der Waals surface area contributed by atoms with Gasteiger partial charge in [-0.25, -0.2) is 0 Å². The van der Waals surface area contributed by atoms with Crippen LogP contribution in [-0.2, 0) is 0 Å². The molecule has 0 spiro atoms. The highest BCUT2D eigenvalue weighted by molar-refractivity contribution is 5.82. The van der Waals surface area contributed by atoms with Crippen LogP contribution in [0.25, 0.3) is 0 Å². The molecular formula is C46H42N4. The molecule has 0 radical (unpaired) electrons. The number of para-hydroxylation sites is 4. The van der Waals surface area contributed by atoms with E-state index in [1.54, 1.807) is 0 Å². The van der Waals surface area contributed by atoms with Crippen molar-refractivity contribution in [1.29, 1.82) is 0 Å². The summed E-state index contributed by atoms with van der Waals surface area (Å²) in [5, 5.41) is 0. The second-order valence-electron chi connectivity index (χ2n) is 12.6. The van der Waals surface area contributed by atoms with Gasteiger partial charge in [-0.2, -0.15) is 0 Å². The average Bonchev–Trinajstić information content (AvgIpc) is 3.18. The van der Waals surface area contributed by atoms with Gasteiger partial charge in [-0.05, 0) is 135 Å². The third-order valence-electron chi connectivity index (χ3n) is 8.97. The molecule has 0 aliphatic heterocycles. The monoisotopic (exact) mass is 650 g/mol. The van der Waals surface area contributed by atoms with Crippen molar-refractivity contribution >= 4 is 56.9 Å². The number of hydrogen-bond donors (Lipinski definition) is 0. The summed E-state index contributed by atoms with van der Waals surface area (Å²) >= 11 is 0. The van der Waals surface area contributed by atoms with Crippen LogP contribution in [0.1, 0.15) is 13.8 Å². The first-order chi connectivity index (χ1) is 24.6. The minimum Gasteiger partial charge on any atom is -0.345 e. The Labute approximate surface area is 296 Å². The fourth-order valence-electron chi connectivity index (χ4n) is 6.52. The minimum atomic E-state index is 0.314. The fraction of sp³-hybridized carbons (Fsp3) is 0.0870. The van der Waals surface area contributed by atoms with Crippen molar-refractivity contribution in [3.05, 3.63) is 194 Å². The van der Waals surface area contributed by atoms with Gasteiger partial charge in [-0.3, -0.25) is 0 Å². The number of benzene rings is 7. The van der Waals surface area contributed by atoms with Gasteiger partial charge in [-0.15, -0.1) is 0 Å². The molecular weight excluding hydrogens is 609 g/mol. The van der Waals surface area contributed by atoms with Crippen LogP contribution < -0.4 is 19.6 Å². The van der Waals surface area contributed by atoms with Gasteiger partial charge in [0.05, 0.1) is 0 Å². The maximum absolute atomic E-state index is 2.37. The molecule has 0 saturated carbocycles. The van der Waals surface area contributed by atoms with Crippen LogP contribution in [0, 0.1) is 0 Å². The van der Waals surface area contributed by atoms with E-state index in [1.807, 2.05) is 6.07 Å². The molecule has 0 fully saturated rings. The van der Waals surface area contributed by atoms with Crippen LogP contribution in [0.3, 0.4) is 0 Å². The summed E-state index contributed by atoms with van der Waals surface area (Å²) in [6.45, 7) is 4.46. The molecule has 0 heterocycles. The lowest BCUT2D eigenvalue weighted by Gasteiger charge is -2.31. The first-order valence-electron chi connectivity index (χ1n) is 17.2. The molecule has 246 valence electrons. The molecule has 7 aromatic carbocycles. The molecule has 0 atom stereocenters. The highest BCUT2D eigenvalue weighted by atomic mass is 15.2. The van der Waals surface area contributed by atoms with E-state index in [4.69, 9.17) is 0 Å². The predicted molar refractivity (Wildman–Crippen MR) is 214 cm³/mol. The zero-order valence-electron chi connectivity index (χ0n) is 28.8. The molecule has 4 heteroatoms. The highest BCUT2D eigenvalue weighted by Crippen LogP contribution is 2.40. The Morgan fingerprint density at radius 1 is 0.280 bits per heavy atom. The van der Waals surface area contributed by atoms with E-state index < -0.39 is 0 Å². The Hall–Kier alpha value is -6.26. The van der Waals surface area contributed by atoms with Crippen molar-refractivity contribution in [2.75, 3.05) is 26.6 Å². The molecule has 0 N–H and O–H groups in total. The van der Waals surface area contributed by atoms with E-state index in [0.29, 0.717) is 6.04 Å². The smallest absolute Gasteiger partial charge is 0.0463 e. The number of hydrogen-bond acceptors (Lipinski definition) is 4. The van der Waals surface area contributed by atoms with E-state index in [9.17, 15) is 0 Å². The second kappa shape index (κ2) is 14.9. The third kappa shape index (κ3) is 6.96. The number of anilines is 10. The van der Waals surface area contributed by atoms with E-state index >= 15 is 0 Å². The summed E-state index contributed by atoms with van der Waals surface area (Å²) in [6.07, 6.45) is 0. The fourth-order valence-corrected chi connectivity index (χ4v) is 6.52. The molecule has 0 unspecified atom stereocenters. The Morgan fingerprint density at radius 3 is 0.840 bits per heavy atom. The summed E-state index contributed by atoms with van der Waals surface area (Å²) in [4.78, 5) is 9.20. The zero-order valence-corrected chi connectivity index (χ0v) is 28.8. The van der Waals surface area contributed by atoms with Gasteiger partial charge >= 0.3 is 0 Å². The van der Waals surface area contributed by atoms with Crippen molar-refractivity contribution in [3.8, 4) is 0 Å². The SMILES string of the molecule is CC(C)N(c1ccccc1)c1ccc(N(c2ccccc2)c2ccc(N(c3ccccc3)c3ccc(N(C)c4ccccc4)cc3)cc2)cc1. The highest BCUT2D eigenvalue weighted by Gasteiger charge is 2.18. The third-order valence-corrected chi connectivity index (χ3v) is 8.97. The second-order valence-corrected chi connectivity index (χ2v) is 12.6. The molecule has 0 amide bonds. The molecule has 7 rings (SSSR count). The van der Waals surface area contributed by atoms with E-state index in [1.165, 1.54) is 5.69 Å². The van der Waals surface area contributed by atoms with Crippen molar-refractivity contribution in [1.82, 2.24) is 0 Å². The molecule has 7 aromatic rings. The van der Waals surface area contributed by atoms with Crippen LogP contribution in [0.15, 0.2) is 194 Å². The maximum Gasteiger partial charge on any atom is 0.0463 e. The van der Waals surface area contributed by atoms with E-state index in [2.05, 4.69) is 229 Å². The van der Waals surface area contributed by atoms with Gasteiger partial charge in [0.1, 0.15) is 0 Å². The number of nitrogens with zero attached hydrogens (tertiary/aromatic N) is 4. The molecule has 0 aromatic heterocycles. The topological polar surface area (TPSA) is 13.0 Å². The standard InChI is InChI=1S/C46H42N4/c1-36(2)48(39-18-10-5-11-19-39)42-28-30-44(31-29-42)50(41-22-14-7-15-23-41)46-34-32-45(33-35-46)49(40-20-12-6-13-21-40)43-26-24-38(25-27-43)47(3)37-16-8-4-9-17-37/h4-36H,1-3H3. The van der Waals surface area contributed by atoms with E-state index in [0.717, 1.165) is 51.2 Å².